The first kappa shape index (κ1) is 11.0. The predicted octanol–water partition coefficient (Wildman–Crippen LogP) is 2.00. The number of carboxylic acids is 1. The van der Waals surface area contributed by atoms with Crippen molar-refractivity contribution in [3.63, 3.8) is 0 Å². The number of carboxylic acid groups (broad SMARTS) is 1. The molecular weight excluding hydrogens is 180 g/mol. The standard InChI is InChI=1S/C11H16O3/c1-3-5-9-11(6-4-2,10(12)13)7-8-14-9/h3-4,9H,1-2,5-8H2,(H,12,13). The zero-order valence-electron chi connectivity index (χ0n) is 8.24. The molecule has 1 rings (SSSR count). The number of hydrogen-bond donors (Lipinski definition) is 1. The summed E-state index contributed by atoms with van der Waals surface area (Å²) in [7, 11) is 0. The van der Waals surface area contributed by atoms with Gasteiger partial charge in [0.05, 0.1) is 11.5 Å². The van der Waals surface area contributed by atoms with E-state index < -0.39 is 11.4 Å². The van der Waals surface area contributed by atoms with Gasteiger partial charge in [-0.3, -0.25) is 4.79 Å². The van der Waals surface area contributed by atoms with E-state index in [0.717, 1.165) is 0 Å². The number of hydrogen-bond acceptors (Lipinski definition) is 2. The molecule has 2 atom stereocenters. The maximum Gasteiger partial charge on any atom is 0.312 e. The topological polar surface area (TPSA) is 46.5 Å². The van der Waals surface area contributed by atoms with Gasteiger partial charge in [-0.05, 0) is 19.3 Å². The van der Waals surface area contributed by atoms with E-state index in [-0.39, 0.29) is 6.10 Å². The quantitative estimate of drug-likeness (QED) is 0.684. The maximum atomic E-state index is 11.2. The molecule has 0 spiro atoms. The van der Waals surface area contributed by atoms with Gasteiger partial charge in [0.15, 0.2) is 0 Å². The third-order valence-electron chi connectivity index (χ3n) is 2.80. The fraction of sp³-hybridized carbons (Fsp3) is 0.545. The minimum atomic E-state index is -0.790. The van der Waals surface area contributed by atoms with Gasteiger partial charge in [0, 0.05) is 6.61 Å². The van der Waals surface area contributed by atoms with Crippen LogP contribution in [0.25, 0.3) is 0 Å². The monoisotopic (exact) mass is 196 g/mol. The first-order chi connectivity index (χ1) is 6.67. The summed E-state index contributed by atoms with van der Waals surface area (Å²) in [6.45, 7) is 7.72. The van der Waals surface area contributed by atoms with Crippen LogP contribution in [0.1, 0.15) is 19.3 Å². The normalized spacial score (nSPS) is 31.3. The van der Waals surface area contributed by atoms with E-state index in [4.69, 9.17) is 4.74 Å². The molecule has 3 heteroatoms. The molecule has 0 saturated carbocycles. The summed E-state index contributed by atoms with van der Waals surface area (Å²) in [6.07, 6.45) is 4.71. The summed E-state index contributed by atoms with van der Waals surface area (Å²) in [4.78, 5) is 11.2. The lowest BCUT2D eigenvalue weighted by atomic mass is 9.77. The molecule has 2 unspecified atom stereocenters. The average molecular weight is 196 g/mol. The Labute approximate surface area is 84.1 Å². The van der Waals surface area contributed by atoms with E-state index in [1.807, 2.05) is 0 Å². The number of aliphatic carboxylic acids is 1. The lowest BCUT2D eigenvalue weighted by molar-refractivity contribution is -0.152. The summed E-state index contributed by atoms with van der Waals surface area (Å²) in [6, 6.07) is 0. The van der Waals surface area contributed by atoms with E-state index in [2.05, 4.69) is 13.2 Å². The van der Waals surface area contributed by atoms with Crippen LogP contribution in [0.2, 0.25) is 0 Å². The van der Waals surface area contributed by atoms with Crippen LogP contribution in [0.3, 0.4) is 0 Å². The summed E-state index contributed by atoms with van der Waals surface area (Å²) >= 11 is 0. The van der Waals surface area contributed by atoms with Crippen LogP contribution in [0.4, 0.5) is 0 Å². The molecule has 1 heterocycles. The van der Waals surface area contributed by atoms with Gasteiger partial charge >= 0.3 is 5.97 Å². The van der Waals surface area contributed by atoms with Crippen molar-refractivity contribution in [3.05, 3.63) is 25.3 Å². The zero-order chi connectivity index (χ0) is 10.6. The second-order valence-electron chi connectivity index (χ2n) is 3.59. The van der Waals surface area contributed by atoms with Crippen LogP contribution in [0.5, 0.6) is 0 Å². The van der Waals surface area contributed by atoms with Crippen molar-refractivity contribution in [2.24, 2.45) is 5.41 Å². The zero-order valence-corrected chi connectivity index (χ0v) is 8.24. The van der Waals surface area contributed by atoms with E-state index >= 15 is 0 Å². The van der Waals surface area contributed by atoms with Crippen molar-refractivity contribution in [1.82, 2.24) is 0 Å². The van der Waals surface area contributed by atoms with Crippen molar-refractivity contribution < 1.29 is 14.6 Å². The highest BCUT2D eigenvalue weighted by molar-refractivity contribution is 5.76. The molecule has 0 aromatic rings. The molecule has 14 heavy (non-hydrogen) atoms. The van der Waals surface area contributed by atoms with Gasteiger partial charge in [0.1, 0.15) is 0 Å². The van der Waals surface area contributed by atoms with E-state index in [1.54, 1.807) is 12.2 Å². The molecule has 0 bridgehead atoms. The summed E-state index contributed by atoms with van der Waals surface area (Å²) in [5.74, 6) is -0.790. The van der Waals surface area contributed by atoms with Gasteiger partial charge < -0.3 is 9.84 Å². The Morgan fingerprint density at radius 1 is 1.57 bits per heavy atom. The Bertz CT molecular complexity index is 247. The molecule has 0 aromatic carbocycles. The third kappa shape index (κ3) is 1.73. The van der Waals surface area contributed by atoms with Crippen molar-refractivity contribution in [2.45, 2.75) is 25.4 Å². The van der Waals surface area contributed by atoms with Crippen LogP contribution in [-0.4, -0.2) is 23.8 Å². The summed E-state index contributed by atoms with van der Waals surface area (Å²) in [5.41, 5.74) is -0.782. The van der Waals surface area contributed by atoms with Gasteiger partial charge in [-0.1, -0.05) is 12.2 Å². The molecule has 1 saturated heterocycles. The van der Waals surface area contributed by atoms with Crippen LogP contribution in [0, 0.1) is 5.41 Å². The largest absolute Gasteiger partial charge is 0.481 e. The smallest absolute Gasteiger partial charge is 0.312 e. The molecule has 1 aliphatic rings. The molecule has 1 aliphatic heterocycles. The van der Waals surface area contributed by atoms with Crippen LogP contribution in [-0.2, 0) is 9.53 Å². The maximum absolute atomic E-state index is 11.2. The molecule has 0 aromatic heterocycles. The average Bonchev–Trinajstić information content (AvgIpc) is 2.51. The lowest BCUT2D eigenvalue weighted by Gasteiger charge is -2.27. The van der Waals surface area contributed by atoms with Gasteiger partial charge in [-0.2, -0.15) is 0 Å². The molecule has 78 valence electrons. The Morgan fingerprint density at radius 3 is 2.79 bits per heavy atom. The van der Waals surface area contributed by atoms with Crippen molar-refractivity contribution in [1.29, 1.82) is 0 Å². The van der Waals surface area contributed by atoms with Crippen molar-refractivity contribution in [3.8, 4) is 0 Å². The Hall–Kier alpha value is -1.09. The van der Waals surface area contributed by atoms with Crippen LogP contribution >= 0.6 is 0 Å². The summed E-state index contributed by atoms with van der Waals surface area (Å²) in [5, 5.41) is 9.23. The molecule has 3 nitrogen and oxygen atoms in total. The van der Waals surface area contributed by atoms with Crippen LogP contribution in [0.15, 0.2) is 25.3 Å². The second-order valence-corrected chi connectivity index (χ2v) is 3.59. The third-order valence-corrected chi connectivity index (χ3v) is 2.80. The highest BCUT2D eigenvalue weighted by Crippen LogP contribution is 2.40. The Kier molecular flexibility index (Phi) is 3.47. The van der Waals surface area contributed by atoms with Gasteiger partial charge in [0.25, 0.3) is 0 Å². The van der Waals surface area contributed by atoms with Crippen LogP contribution < -0.4 is 0 Å². The fourth-order valence-corrected chi connectivity index (χ4v) is 1.97. The molecular formula is C11H16O3. The van der Waals surface area contributed by atoms with E-state index in [1.165, 1.54) is 0 Å². The number of ether oxygens (including phenoxy) is 1. The molecule has 0 aliphatic carbocycles. The molecule has 1 N–H and O–H groups in total. The minimum Gasteiger partial charge on any atom is -0.481 e. The van der Waals surface area contributed by atoms with E-state index in [0.29, 0.717) is 25.9 Å². The first-order valence-corrected chi connectivity index (χ1v) is 4.74. The van der Waals surface area contributed by atoms with E-state index in [9.17, 15) is 9.90 Å². The van der Waals surface area contributed by atoms with Gasteiger partial charge in [0.2, 0.25) is 0 Å². The first-order valence-electron chi connectivity index (χ1n) is 4.74. The highest BCUT2D eigenvalue weighted by atomic mass is 16.5. The van der Waals surface area contributed by atoms with Gasteiger partial charge in [-0.25, -0.2) is 0 Å². The van der Waals surface area contributed by atoms with Crippen molar-refractivity contribution >= 4 is 5.97 Å². The Morgan fingerprint density at radius 2 is 2.29 bits per heavy atom. The predicted molar refractivity (Wildman–Crippen MR) is 54.1 cm³/mol. The molecule has 1 fully saturated rings. The highest BCUT2D eigenvalue weighted by Gasteiger charge is 2.48. The number of carbonyl (C=O) groups is 1. The fourth-order valence-electron chi connectivity index (χ4n) is 1.97. The lowest BCUT2D eigenvalue weighted by Crippen LogP contribution is -2.38. The number of rotatable bonds is 5. The minimum absolute atomic E-state index is 0.254. The van der Waals surface area contributed by atoms with Gasteiger partial charge in [-0.15, -0.1) is 13.2 Å². The molecule has 0 amide bonds. The second kappa shape index (κ2) is 4.42. The van der Waals surface area contributed by atoms with Crippen molar-refractivity contribution in [2.75, 3.05) is 6.61 Å². The SMILES string of the molecule is C=CCC1OCCC1(CC=C)C(=O)O. The number of allylic oxidation sites excluding steroid dienone is 1. The summed E-state index contributed by atoms with van der Waals surface area (Å²) < 4.78 is 5.42. The Balaban J connectivity index is 2.88. The molecule has 0 radical (unpaired) electrons.